The molecule has 1 fully saturated rings. The van der Waals surface area contributed by atoms with Crippen molar-refractivity contribution in [2.75, 3.05) is 5.32 Å². The summed E-state index contributed by atoms with van der Waals surface area (Å²) in [6.45, 7) is 1.82. The molecule has 1 aromatic carbocycles. The second kappa shape index (κ2) is 7.65. The van der Waals surface area contributed by atoms with Gasteiger partial charge in [-0.15, -0.1) is 0 Å². The molecule has 2 amide bonds. The first kappa shape index (κ1) is 18.7. The molecule has 0 atom stereocenters. The largest absolute Gasteiger partial charge is 0.481 e. The third-order valence-electron chi connectivity index (χ3n) is 4.92. The third-order valence-corrected chi connectivity index (χ3v) is 4.92. The Balaban J connectivity index is 1.77. The SMILES string of the molecule is Cc1ccc(C(=O)NC2(CC(=O)O)CCCC2)cc1NC(=O)c1ccco1. The highest BCUT2D eigenvalue weighted by Crippen LogP contribution is 2.33. The number of hydrogen-bond acceptors (Lipinski definition) is 4. The normalized spacial score (nSPS) is 15.3. The Bertz CT molecular complexity index is 851. The van der Waals surface area contributed by atoms with E-state index in [0.29, 0.717) is 24.1 Å². The molecule has 7 heteroatoms. The quantitative estimate of drug-likeness (QED) is 0.722. The Morgan fingerprint density at radius 1 is 1.15 bits per heavy atom. The average Bonchev–Trinajstić information content (AvgIpc) is 3.28. The molecule has 0 unspecified atom stereocenters. The monoisotopic (exact) mass is 370 g/mol. The first-order valence-electron chi connectivity index (χ1n) is 8.88. The van der Waals surface area contributed by atoms with E-state index in [1.165, 1.54) is 6.26 Å². The number of carboxylic acids is 1. The molecule has 1 aliphatic rings. The van der Waals surface area contributed by atoms with Crippen LogP contribution in [-0.2, 0) is 4.79 Å². The fourth-order valence-electron chi connectivity index (χ4n) is 3.49. The second-order valence-electron chi connectivity index (χ2n) is 6.97. The van der Waals surface area contributed by atoms with Gasteiger partial charge in [0.1, 0.15) is 0 Å². The number of aryl methyl sites for hydroxylation is 1. The molecular weight excluding hydrogens is 348 g/mol. The van der Waals surface area contributed by atoms with E-state index >= 15 is 0 Å². The van der Waals surface area contributed by atoms with Gasteiger partial charge in [-0.1, -0.05) is 18.9 Å². The zero-order chi connectivity index (χ0) is 19.4. The van der Waals surface area contributed by atoms with Crippen molar-refractivity contribution in [1.29, 1.82) is 0 Å². The molecule has 142 valence electrons. The van der Waals surface area contributed by atoms with Crippen LogP contribution in [0.4, 0.5) is 5.69 Å². The van der Waals surface area contributed by atoms with Crippen LogP contribution in [0.5, 0.6) is 0 Å². The van der Waals surface area contributed by atoms with Crippen LogP contribution in [0.1, 0.15) is 58.6 Å². The van der Waals surface area contributed by atoms with E-state index < -0.39 is 17.4 Å². The minimum Gasteiger partial charge on any atom is -0.481 e. The Labute approximate surface area is 156 Å². The maximum atomic E-state index is 12.7. The van der Waals surface area contributed by atoms with E-state index in [1.807, 2.05) is 6.92 Å². The van der Waals surface area contributed by atoms with Gasteiger partial charge < -0.3 is 20.2 Å². The van der Waals surface area contributed by atoms with Gasteiger partial charge in [0.15, 0.2) is 5.76 Å². The summed E-state index contributed by atoms with van der Waals surface area (Å²) in [6.07, 6.45) is 4.41. The van der Waals surface area contributed by atoms with Crippen molar-refractivity contribution >= 4 is 23.5 Å². The van der Waals surface area contributed by atoms with Gasteiger partial charge in [0.25, 0.3) is 11.8 Å². The number of furan rings is 1. The standard InChI is InChI=1S/C20H22N2O5/c1-13-6-7-14(11-15(13)21-19(26)16-5-4-10-27-16)18(25)22-20(12-17(23)24)8-2-3-9-20/h4-7,10-11H,2-3,8-9,12H2,1H3,(H,21,26)(H,22,25)(H,23,24). The summed E-state index contributed by atoms with van der Waals surface area (Å²) in [5.74, 6) is -1.49. The molecule has 1 aromatic heterocycles. The van der Waals surface area contributed by atoms with Crippen LogP contribution in [0.3, 0.4) is 0 Å². The number of hydrogen-bond donors (Lipinski definition) is 3. The molecule has 0 spiro atoms. The molecule has 3 rings (SSSR count). The van der Waals surface area contributed by atoms with Crippen molar-refractivity contribution < 1.29 is 23.9 Å². The number of amides is 2. The molecule has 0 bridgehead atoms. The highest BCUT2D eigenvalue weighted by molar-refractivity contribution is 6.04. The van der Waals surface area contributed by atoms with Gasteiger partial charge in [0.2, 0.25) is 0 Å². The summed E-state index contributed by atoms with van der Waals surface area (Å²) < 4.78 is 5.08. The van der Waals surface area contributed by atoms with E-state index in [1.54, 1.807) is 30.3 Å². The summed E-state index contributed by atoms with van der Waals surface area (Å²) in [5.41, 5.74) is 0.966. The minimum absolute atomic E-state index is 0.0906. The van der Waals surface area contributed by atoms with Gasteiger partial charge >= 0.3 is 5.97 Å². The van der Waals surface area contributed by atoms with Crippen LogP contribution in [0.2, 0.25) is 0 Å². The predicted octanol–water partition coefficient (Wildman–Crippen LogP) is 3.36. The second-order valence-corrected chi connectivity index (χ2v) is 6.97. The molecule has 0 saturated heterocycles. The summed E-state index contributed by atoms with van der Waals surface area (Å²) in [5, 5.41) is 14.8. The summed E-state index contributed by atoms with van der Waals surface area (Å²) in [6, 6.07) is 8.17. The van der Waals surface area contributed by atoms with E-state index in [9.17, 15) is 19.5 Å². The summed E-state index contributed by atoms with van der Waals surface area (Å²) >= 11 is 0. The van der Waals surface area contributed by atoms with Crippen molar-refractivity contribution in [3.8, 4) is 0 Å². The lowest BCUT2D eigenvalue weighted by atomic mass is 9.92. The molecule has 3 N–H and O–H groups in total. The van der Waals surface area contributed by atoms with Crippen LogP contribution < -0.4 is 10.6 Å². The van der Waals surface area contributed by atoms with Gasteiger partial charge in [-0.2, -0.15) is 0 Å². The van der Waals surface area contributed by atoms with E-state index in [-0.39, 0.29) is 18.1 Å². The van der Waals surface area contributed by atoms with Gasteiger partial charge in [-0.3, -0.25) is 14.4 Å². The van der Waals surface area contributed by atoms with E-state index in [2.05, 4.69) is 10.6 Å². The van der Waals surface area contributed by atoms with Crippen LogP contribution in [0, 0.1) is 6.92 Å². The predicted molar refractivity (Wildman–Crippen MR) is 98.8 cm³/mol. The number of carboxylic acid groups (broad SMARTS) is 1. The van der Waals surface area contributed by atoms with Crippen molar-refractivity contribution in [1.82, 2.24) is 5.32 Å². The fraction of sp³-hybridized carbons (Fsp3) is 0.350. The van der Waals surface area contributed by atoms with E-state index in [0.717, 1.165) is 18.4 Å². The highest BCUT2D eigenvalue weighted by atomic mass is 16.4. The zero-order valence-electron chi connectivity index (χ0n) is 15.1. The van der Waals surface area contributed by atoms with Gasteiger partial charge in [-0.25, -0.2) is 0 Å². The number of carbonyl (C=O) groups is 3. The highest BCUT2D eigenvalue weighted by Gasteiger charge is 2.37. The molecule has 27 heavy (non-hydrogen) atoms. The first-order valence-corrected chi connectivity index (χ1v) is 8.88. The number of benzene rings is 1. The number of rotatable bonds is 6. The van der Waals surface area contributed by atoms with Crippen molar-refractivity contribution in [2.45, 2.75) is 44.6 Å². The lowest BCUT2D eigenvalue weighted by Gasteiger charge is -2.28. The molecular formula is C20H22N2O5. The van der Waals surface area contributed by atoms with Gasteiger partial charge in [0.05, 0.1) is 18.2 Å². The molecule has 0 aliphatic heterocycles. The lowest BCUT2D eigenvalue weighted by molar-refractivity contribution is -0.138. The number of nitrogens with one attached hydrogen (secondary N) is 2. The van der Waals surface area contributed by atoms with Crippen LogP contribution in [0.25, 0.3) is 0 Å². The van der Waals surface area contributed by atoms with Crippen LogP contribution in [-0.4, -0.2) is 28.4 Å². The average molecular weight is 370 g/mol. The van der Waals surface area contributed by atoms with Gasteiger partial charge in [-0.05, 0) is 49.6 Å². The molecule has 2 aromatic rings. The van der Waals surface area contributed by atoms with Crippen molar-refractivity contribution in [3.05, 3.63) is 53.5 Å². The Kier molecular flexibility index (Phi) is 5.30. The number of carbonyl (C=O) groups excluding carboxylic acids is 2. The topological polar surface area (TPSA) is 109 Å². The minimum atomic E-state index is -0.924. The maximum absolute atomic E-state index is 12.7. The third kappa shape index (κ3) is 4.36. The zero-order valence-corrected chi connectivity index (χ0v) is 15.1. The Morgan fingerprint density at radius 2 is 1.89 bits per heavy atom. The molecule has 1 aliphatic carbocycles. The summed E-state index contributed by atoms with van der Waals surface area (Å²) in [7, 11) is 0. The first-order chi connectivity index (χ1) is 12.9. The lowest BCUT2D eigenvalue weighted by Crippen LogP contribution is -2.47. The number of anilines is 1. The molecule has 0 radical (unpaired) electrons. The van der Waals surface area contributed by atoms with Crippen molar-refractivity contribution in [2.24, 2.45) is 0 Å². The summed E-state index contributed by atoms with van der Waals surface area (Å²) in [4.78, 5) is 36.1. The van der Waals surface area contributed by atoms with Crippen LogP contribution in [0.15, 0.2) is 41.0 Å². The Hall–Kier alpha value is -3.09. The van der Waals surface area contributed by atoms with E-state index in [4.69, 9.17) is 4.42 Å². The van der Waals surface area contributed by atoms with Crippen molar-refractivity contribution in [3.63, 3.8) is 0 Å². The van der Waals surface area contributed by atoms with Gasteiger partial charge in [0, 0.05) is 11.3 Å². The fourth-order valence-corrected chi connectivity index (χ4v) is 3.49. The van der Waals surface area contributed by atoms with Crippen LogP contribution >= 0.6 is 0 Å². The number of aliphatic carboxylic acids is 1. The molecule has 1 saturated carbocycles. The Morgan fingerprint density at radius 3 is 2.52 bits per heavy atom. The maximum Gasteiger partial charge on any atom is 0.305 e. The molecule has 7 nitrogen and oxygen atoms in total. The smallest absolute Gasteiger partial charge is 0.305 e. The molecule has 1 heterocycles.